The van der Waals surface area contributed by atoms with Crippen LogP contribution in [0, 0.1) is 0 Å². The zero-order chi connectivity index (χ0) is 20.7. The number of aromatic nitrogens is 2. The van der Waals surface area contributed by atoms with Crippen molar-refractivity contribution in [2.75, 3.05) is 5.32 Å². The van der Waals surface area contributed by atoms with Crippen LogP contribution in [0.15, 0.2) is 53.6 Å². The van der Waals surface area contributed by atoms with Crippen molar-refractivity contribution in [3.8, 4) is 0 Å². The Hall–Kier alpha value is -3.37. The molecule has 0 saturated carbocycles. The number of hydrogen-bond acceptors (Lipinski definition) is 3. The molecule has 146 valence electrons. The molecule has 1 amide bonds. The molecule has 0 radical (unpaired) electrons. The van der Waals surface area contributed by atoms with Crippen LogP contribution >= 0.6 is 0 Å². The summed E-state index contributed by atoms with van der Waals surface area (Å²) in [5.41, 5.74) is -5.11. The lowest BCUT2D eigenvalue weighted by molar-refractivity contribution is -0.143. The van der Waals surface area contributed by atoms with Gasteiger partial charge < -0.3 is 5.32 Å². The van der Waals surface area contributed by atoms with Gasteiger partial charge in [-0.2, -0.15) is 26.3 Å². The minimum atomic E-state index is -5.06. The van der Waals surface area contributed by atoms with E-state index in [1.165, 1.54) is 18.3 Å². The maximum Gasteiger partial charge on any atom is 0.416 e. The molecule has 0 aliphatic carbocycles. The number of pyridine rings is 1. The number of nitrogens with one attached hydrogen (secondary N) is 1. The van der Waals surface area contributed by atoms with E-state index in [0.29, 0.717) is 12.1 Å². The first-order valence-corrected chi connectivity index (χ1v) is 7.54. The topological polar surface area (TPSA) is 63.5 Å². The predicted octanol–water partition coefficient (Wildman–Crippen LogP) is 3.98. The summed E-state index contributed by atoms with van der Waals surface area (Å²) in [5, 5.41) is 1.90. The second-order valence-electron chi connectivity index (χ2n) is 5.65. The van der Waals surface area contributed by atoms with Gasteiger partial charge in [-0.25, -0.2) is 4.98 Å². The van der Waals surface area contributed by atoms with E-state index >= 15 is 0 Å². The summed E-state index contributed by atoms with van der Waals surface area (Å²) in [4.78, 5) is 28.4. The molecule has 1 N–H and O–H groups in total. The highest BCUT2D eigenvalue weighted by Gasteiger charge is 2.37. The van der Waals surface area contributed by atoms with Crippen molar-refractivity contribution in [1.82, 2.24) is 9.38 Å². The molecule has 0 aliphatic heterocycles. The molecule has 0 spiro atoms. The first-order chi connectivity index (χ1) is 13.0. The lowest BCUT2D eigenvalue weighted by Crippen LogP contribution is -2.26. The number of hydrogen-bond donors (Lipinski definition) is 1. The first-order valence-electron chi connectivity index (χ1n) is 7.54. The van der Waals surface area contributed by atoms with Crippen molar-refractivity contribution in [2.45, 2.75) is 12.4 Å². The average Bonchev–Trinajstić information content (AvgIpc) is 2.60. The van der Waals surface area contributed by atoms with Gasteiger partial charge in [-0.05, 0) is 30.3 Å². The summed E-state index contributed by atoms with van der Waals surface area (Å²) in [6.07, 6.45) is -7.92. The summed E-state index contributed by atoms with van der Waals surface area (Å²) in [7, 11) is 0. The van der Waals surface area contributed by atoms with Crippen LogP contribution in [0.5, 0.6) is 0 Å². The first kappa shape index (κ1) is 19.4. The Morgan fingerprint density at radius 2 is 1.57 bits per heavy atom. The number of carbonyl (C=O) groups is 1. The number of carbonyl (C=O) groups excluding carboxylic acids is 1. The van der Waals surface area contributed by atoms with E-state index in [2.05, 4.69) is 4.98 Å². The monoisotopic (exact) mass is 401 g/mol. The smallest absolute Gasteiger partial charge is 0.322 e. The largest absolute Gasteiger partial charge is 0.416 e. The molecule has 0 unspecified atom stereocenters. The average molecular weight is 401 g/mol. The standard InChI is InChI=1S/C17H9F6N3O2/c18-16(19,20)9-5-10(17(21,22)23)7-11(6-9)25-14(27)12-8-24-13-3-1-2-4-26(13)15(12)28/h1-8H,(H,25,27). The van der Waals surface area contributed by atoms with E-state index in [1.807, 2.05) is 5.32 Å². The summed E-state index contributed by atoms with van der Waals surface area (Å²) in [6.45, 7) is 0. The van der Waals surface area contributed by atoms with Gasteiger partial charge >= 0.3 is 12.4 Å². The zero-order valence-electron chi connectivity index (χ0n) is 13.6. The summed E-state index contributed by atoms with van der Waals surface area (Å²) >= 11 is 0. The van der Waals surface area contributed by atoms with Crippen LogP contribution < -0.4 is 10.9 Å². The molecule has 0 atom stereocenters. The molecule has 11 heteroatoms. The molecular weight excluding hydrogens is 392 g/mol. The molecule has 3 aromatic rings. The molecule has 5 nitrogen and oxygen atoms in total. The van der Waals surface area contributed by atoms with Crippen LogP contribution in [0.3, 0.4) is 0 Å². The van der Waals surface area contributed by atoms with Gasteiger partial charge in [-0.3, -0.25) is 14.0 Å². The number of benzene rings is 1. The third kappa shape index (κ3) is 3.82. The maximum atomic E-state index is 12.9. The normalized spacial score (nSPS) is 12.2. The van der Waals surface area contributed by atoms with Crippen molar-refractivity contribution in [2.24, 2.45) is 0 Å². The fourth-order valence-electron chi connectivity index (χ4n) is 2.41. The van der Waals surface area contributed by atoms with Crippen molar-refractivity contribution in [3.63, 3.8) is 0 Å². The summed E-state index contributed by atoms with van der Waals surface area (Å²) in [5.74, 6) is -1.19. The highest BCUT2D eigenvalue weighted by atomic mass is 19.4. The Morgan fingerprint density at radius 1 is 0.964 bits per heavy atom. The second kappa shape index (κ2) is 6.66. The molecule has 0 saturated heterocycles. The lowest BCUT2D eigenvalue weighted by Gasteiger charge is -2.14. The maximum absolute atomic E-state index is 12.9. The predicted molar refractivity (Wildman–Crippen MR) is 85.9 cm³/mol. The van der Waals surface area contributed by atoms with Crippen molar-refractivity contribution in [3.05, 3.63) is 75.8 Å². The van der Waals surface area contributed by atoms with E-state index in [4.69, 9.17) is 0 Å². The quantitative estimate of drug-likeness (QED) is 0.661. The minimum absolute atomic E-state index is 0.0673. The van der Waals surface area contributed by atoms with Gasteiger partial charge in [0.15, 0.2) is 0 Å². The Morgan fingerprint density at radius 3 is 2.14 bits per heavy atom. The summed E-state index contributed by atoms with van der Waals surface area (Å²) in [6, 6.07) is 5.18. The number of halogens is 6. The lowest BCUT2D eigenvalue weighted by atomic mass is 10.1. The van der Waals surface area contributed by atoms with E-state index < -0.39 is 46.2 Å². The Balaban J connectivity index is 2.03. The molecule has 1 aromatic carbocycles. The van der Waals surface area contributed by atoms with E-state index in [-0.39, 0.29) is 11.7 Å². The summed E-state index contributed by atoms with van der Waals surface area (Å²) < 4.78 is 78.4. The molecule has 0 fully saturated rings. The Labute approximate surface area is 152 Å². The zero-order valence-corrected chi connectivity index (χ0v) is 13.6. The van der Waals surface area contributed by atoms with Crippen molar-refractivity contribution < 1.29 is 31.1 Å². The van der Waals surface area contributed by atoms with Crippen molar-refractivity contribution >= 4 is 17.2 Å². The van der Waals surface area contributed by atoms with Crippen LogP contribution in [-0.2, 0) is 12.4 Å². The second-order valence-corrected chi connectivity index (χ2v) is 5.65. The van der Waals surface area contributed by atoms with E-state index in [9.17, 15) is 35.9 Å². The van der Waals surface area contributed by atoms with Crippen LogP contribution in [-0.4, -0.2) is 15.3 Å². The Kier molecular flexibility index (Phi) is 4.61. The number of nitrogens with zero attached hydrogens (tertiary/aromatic N) is 2. The SMILES string of the molecule is O=C(Nc1cc(C(F)(F)F)cc(C(F)(F)F)c1)c1cnc2ccccn2c1=O. The molecule has 28 heavy (non-hydrogen) atoms. The molecule has 0 bridgehead atoms. The van der Waals surface area contributed by atoms with Gasteiger partial charge in [0.25, 0.3) is 11.5 Å². The fourth-order valence-corrected chi connectivity index (χ4v) is 2.41. The fraction of sp³-hybridized carbons (Fsp3) is 0.118. The van der Waals surface area contributed by atoms with Gasteiger partial charge in [0.2, 0.25) is 0 Å². The van der Waals surface area contributed by atoms with Crippen LogP contribution in [0.1, 0.15) is 21.5 Å². The van der Waals surface area contributed by atoms with Crippen LogP contribution in [0.2, 0.25) is 0 Å². The van der Waals surface area contributed by atoms with Crippen LogP contribution in [0.25, 0.3) is 5.65 Å². The van der Waals surface area contributed by atoms with Gasteiger partial charge in [-0.15, -0.1) is 0 Å². The van der Waals surface area contributed by atoms with Gasteiger partial charge in [0.1, 0.15) is 11.2 Å². The van der Waals surface area contributed by atoms with Gasteiger partial charge in [0.05, 0.1) is 11.1 Å². The third-order valence-electron chi connectivity index (χ3n) is 3.70. The molecule has 3 rings (SSSR count). The number of fused-ring (bicyclic) bond motifs is 1. The van der Waals surface area contributed by atoms with Crippen molar-refractivity contribution in [1.29, 1.82) is 0 Å². The minimum Gasteiger partial charge on any atom is -0.322 e. The molecule has 0 aliphatic rings. The van der Waals surface area contributed by atoms with E-state index in [0.717, 1.165) is 10.6 Å². The van der Waals surface area contributed by atoms with Gasteiger partial charge in [-0.1, -0.05) is 6.07 Å². The third-order valence-corrected chi connectivity index (χ3v) is 3.70. The highest BCUT2D eigenvalue weighted by Crippen LogP contribution is 2.37. The van der Waals surface area contributed by atoms with Crippen LogP contribution in [0.4, 0.5) is 32.0 Å². The van der Waals surface area contributed by atoms with E-state index in [1.54, 1.807) is 6.07 Å². The number of rotatable bonds is 2. The number of anilines is 1. The number of alkyl halides is 6. The van der Waals surface area contributed by atoms with Gasteiger partial charge in [0, 0.05) is 18.1 Å². The molecule has 2 heterocycles. The molecular formula is C17H9F6N3O2. The molecule has 2 aromatic heterocycles. The highest BCUT2D eigenvalue weighted by molar-refractivity contribution is 6.04. The Bertz CT molecular complexity index is 1090. The number of amides is 1.